The van der Waals surface area contributed by atoms with Gasteiger partial charge in [-0.05, 0) is 43.2 Å². The number of carboxylic acid groups (broad SMARTS) is 1. The number of nitriles is 1. The molecule has 1 saturated heterocycles. The fourth-order valence-electron chi connectivity index (χ4n) is 4.24. The highest BCUT2D eigenvalue weighted by Crippen LogP contribution is 2.25. The predicted molar refractivity (Wildman–Crippen MR) is 132 cm³/mol. The maximum atomic E-state index is 11.2. The molecule has 0 radical (unpaired) electrons. The second-order valence-corrected chi connectivity index (χ2v) is 8.58. The molecule has 3 N–H and O–H groups in total. The van der Waals surface area contributed by atoms with Gasteiger partial charge in [-0.25, -0.2) is 19.6 Å². The Labute approximate surface area is 206 Å². The molecular weight excluding hydrogens is 458 g/mol. The molecule has 180 valence electrons. The third kappa shape index (κ3) is 4.97. The van der Waals surface area contributed by atoms with Crippen LogP contribution in [0.15, 0.2) is 54.7 Å². The van der Waals surface area contributed by atoms with Crippen LogP contribution in [0.2, 0.25) is 0 Å². The van der Waals surface area contributed by atoms with Crippen LogP contribution in [0, 0.1) is 17.2 Å². The van der Waals surface area contributed by atoms with E-state index in [1.54, 1.807) is 35.1 Å². The Morgan fingerprint density at radius 1 is 1.06 bits per heavy atom. The van der Waals surface area contributed by atoms with E-state index >= 15 is 0 Å². The number of carboxylic acids is 1. The molecular formula is C25H23N9O2. The number of benzene rings is 1. The summed E-state index contributed by atoms with van der Waals surface area (Å²) in [4.78, 5) is 26.7. The number of piperidine rings is 1. The third-order valence-corrected chi connectivity index (χ3v) is 6.12. The van der Waals surface area contributed by atoms with E-state index in [-0.39, 0.29) is 11.9 Å². The lowest BCUT2D eigenvalue weighted by atomic mass is 9.97. The first-order chi connectivity index (χ1) is 17.5. The number of hydrogen-bond acceptors (Lipinski definition) is 9. The Kier molecular flexibility index (Phi) is 6.23. The summed E-state index contributed by atoms with van der Waals surface area (Å²) in [6, 6.07) is 16.8. The highest BCUT2D eigenvalue weighted by molar-refractivity contribution is 5.70. The summed E-state index contributed by atoms with van der Waals surface area (Å²) in [6.07, 6.45) is 2.99. The number of pyridine rings is 1. The first-order valence-corrected chi connectivity index (χ1v) is 11.5. The van der Waals surface area contributed by atoms with E-state index in [2.05, 4.69) is 31.2 Å². The van der Waals surface area contributed by atoms with Crippen molar-refractivity contribution in [3.63, 3.8) is 0 Å². The quantitative estimate of drug-likeness (QED) is 0.419. The van der Waals surface area contributed by atoms with Gasteiger partial charge >= 0.3 is 5.97 Å². The number of aromatic nitrogens is 6. The van der Waals surface area contributed by atoms with Crippen LogP contribution in [0.5, 0.6) is 0 Å². The van der Waals surface area contributed by atoms with Crippen LogP contribution in [0.3, 0.4) is 0 Å². The summed E-state index contributed by atoms with van der Waals surface area (Å²) in [6.45, 7) is 1.73. The maximum Gasteiger partial charge on any atom is 0.306 e. The van der Waals surface area contributed by atoms with Crippen molar-refractivity contribution in [1.29, 1.82) is 5.26 Å². The van der Waals surface area contributed by atoms with Crippen molar-refractivity contribution in [1.82, 2.24) is 29.9 Å². The van der Waals surface area contributed by atoms with Crippen molar-refractivity contribution in [2.45, 2.75) is 19.4 Å². The molecule has 0 aliphatic carbocycles. The molecule has 1 fully saturated rings. The van der Waals surface area contributed by atoms with Gasteiger partial charge < -0.3 is 15.7 Å². The van der Waals surface area contributed by atoms with E-state index < -0.39 is 5.97 Å². The average Bonchev–Trinajstić information content (AvgIpc) is 3.37. The molecule has 5 rings (SSSR count). The van der Waals surface area contributed by atoms with Crippen LogP contribution in [-0.2, 0) is 11.3 Å². The molecule has 4 aromatic rings. The van der Waals surface area contributed by atoms with E-state index in [0.29, 0.717) is 55.1 Å². The minimum absolute atomic E-state index is 0.0976. The van der Waals surface area contributed by atoms with Crippen LogP contribution in [0.4, 0.5) is 11.8 Å². The molecule has 3 aromatic heterocycles. The summed E-state index contributed by atoms with van der Waals surface area (Å²) >= 11 is 0. The van der Waals surface area contributed by atoms with Gasteiger partial charge in [-0.3, -0.25) is 4.79 Å². The number of rotatable bonds is 6. The fourth-order valence-corrected chi connectivity index (χ4v) is 4.24. The van der Waals surface area contributed by atoms with Crippen molar-refractivity contribution in [2.75, 3.05) is 23.7 Å². The van der Waals surface area contributed by atoms with E-state index in [9.17, 15) is 15.2 Å². The molecule has 0 bridgehead atoms. The van der Waals surface area contributed by atoms with Gasteiger partial charge in [0.05, 0.1) is 47.4 Å². The summed E-state index contributed by atoms with van der Waals surface area (Å²) in [5, 5.41) is 26.9. The molecule has 0 atom stereocenters. The topological polar surface area (TPSA) is 160 Å². The largest absolute Gasteiger partial charge is 0.481 e. The molecule has 0 amide bonds. The predicted octanol–water partition coefficient (Wildman–Crippen LogP) is 2.60. The molecule has 4 heterocycles. The lowest BCUT2D eigenvalue weighted by molar-refractivity contribution is -0.142. The van der Waals surface area contributed by atoms with Gasteiger partial charge in [0, 0.05) is 18.7 Å². The normalized spacial score (nSPS) is 13.9. The lowest BCUT2D eigenvalue weighted by Crippen LogP contribution is -2.36. The third-order valence-electron chi connectivity index (χ3n) is 6.12. The molecule has 1 aromatic carbocycles. The Balaban J connectivity index is 1.33. The van der Waals surface area contributed by atoms with Crippen LogP contribution in [0.1, 0.15) is 24.1 Å². The van der Waals surface area contributed by atoms with Crippen molar-refractivity contribution >= 4 is 17.7 Å². The van der Waals surface area contributed by atoms with Gasteiger partial charge in [0.25, 0.3) is 0 Å². The minimum Gasteiger partial charge on any atom is -0.481 e. The highest BCUT2D eigenvalue weighted by atomic mass is 16.4. The first kappa shape index (κ1) is 22.9. The Morgan fingerprint density at radius 2 is 1.83 bits per heavy atom. The number of hydrogen-bond donors (Lipinski definition) is 2. The average molecular weight is 482 g/mol. The summed E-state index contributed by atoms with van der Waals surface area (Å²) in [7, 11) is 0. The lowest BCUT2D eigenvalue weighted by Gasteiger charge is -2.31. The zero-order valence-corrected chi connectivity index (χ0v) is 19.3. The van der Waals surface area contributed by atoms with Gasteiger partial charge in [0.1, 0.15) is 11.5 Å². The molecule has 1 aliphatic heterocycles. The van der Waals surface area contributed by atoms with Crippen molar-refractivity contribution in [3.8, 4) is 28.7 Å². The molecule has 0 saturated carbocycles. The minimum atomic E-state index is -0.730. The maximum absolute atomic E-state index is 11.2. The van der Waals surface area contributed by atoms with E-state index in [4.69, 9.17) is 10.7 Å². The van der Waals surface area contributed by atoms with Gasteiger partial charge in [0.15, 0.2) is 0 Å². The molecule has 0 spiro atoms. The zero-order chi connectivity index (χ0) is 25.1. The Bertz CT molecular complexity index is 1450. The standard InChI is InChI=1S/C25H23N9O2/c26-13-16-3-1-4-18(11-16)20-12-21(30-25(27)29-20)22-15-34(32-31-22)14-19-5-2-6-23(28-19)33-9-7-17(8-10-33)24(35)36/h1-6,11-12,15,17H,7-10,14H2,(H,35,36)(H2,27,29,30). The summed E-state index contributed by atoms with van der Waals surface area (Å²) in [5.41, 5.74) is 9.69. The number of nitrogens with two attached hydrogens (primary N) is 1. The van der Waals surface area contributed by atoms with Gasteiger partial charge in [-0.2, -0.15) is 5.26 Å². The number of carbonyl (C=O) groups is 1. The summed E-state index contributed by atoms with van der Waals surface area (Å²) < 4.78 is 1.67. The Hall–Kier alpha value is -4.85. The van der Waals surface area contributed by atoms with Gasteiger partial charge in [0.2, 0.25) is 5.95 Å². The molecule has 1 aliphatic rings. The number of aliphatic carboxylic acids is 1. The van der Waals surface area contributed by atoms with Crippen LogP contribution < -0.4 is 10.6 Å². The van der Waals surface area contributed by atoms with Crippen LogP contribution >= 0.6 is 0 Å². The molecule has 11 heteroatoms. The molecule has 36 heavy (non-hydrogen) atoms. The van der Waals surface area contributed by atoms with E-state index in [1.165, 1.54) is 0 Å². The SMILES string of the molecule is N#Cc1cccc(-c2cc(-c3cn(Cc4cccc(N5CCC(C(=O)O)CC5)n4)nn3)nc(N)n2)c1. The number of nitrogens with zero attached hydrogens (tertiary/aromatic N) is 8. The highest BCUT2D eigenvalue weighted by Gasteiger charge is 2.25. The second kappa shape index (κ2) is 9.79. The molecule has 11 nitrogen and oxygen atoms in total. The Morgan fingerprint density at radius 3 is 2.61 bits per heavy atom. The zero-order valence-electron chi connectivity index (χ0n) is 19.3. The van der Waals surface area contributed by atoms with Crippen molar-refractivity contribution in [3.05, 3.63) is 66.0 Å². The van der Waals surface area contributed by atoms with Crippen LogP contribution in [-0.4, -0.2) is 54.1 Å². The van der Waals surface area contributed by atoms with Gasteiger partial charge in [-0.1, -0.05) is 23.4 Å². The fraction of sp³-hybridized carbons (Fsp3) is 0.240. The van der Waals surface area contributed by atoms with Gasteiger partial charge in [-0.15, -0.1) is 5.10 Å². The van der Waals surface area contributed by atoms with E-state index in [0.717, 1.165) is 17.1 Å². The first-order valence-electron chi connectivity index (χ1n) is 11.5. The second-order valence-electron chi connectivity index (χ2n) is 8.58. The smallest absolute Gasteiger partial charge is 0.306 e. The number of nitrogen functional groups attached to an aromatic ring is 1. The number of anilines is 2. The summed E-state index contributed by atoms with van der Waals surface area (Å²) in [5.74, 6) is -0.0961. The van der Waals surface area contributed by atoms with Crippen LogP contribution in [0.25, 0.3) is 22.6 Å². The van der Waals surface area contributed by atoms with Crippen molar-refractivity contribution < 1.29 is 9.90 Å². The molecule has 0 unspecified atom stereocenters. The van der Waals surface area contributed by atoms with Crippen molar-refractivity contribution in [2.24, 2.45) is 5.92 Å². The monoisotopic (exact) mass is 481 g/mol. The van der Waals surface area contributed by atoms with E-state index in [1.807, 2.05) is 24.3 Å².